The van der Waals surface area contributed by atoms with Gasteiger partial charge in [-0.15, -0.1) is 0 Å². The molecule has 0 radical (unpaired) electrons. The fourth-order valence-corrected chi connectivity index (χ4v) is 3.60. The molecular weight excluding hydrogens is 306 g/mol. The molecular formula is C15H22ClN3O3. The van der Waals surface area contributed by atoms with Gasteiger partial charge >= 0.3 is 0 Å². The Labute approximate surface area is 135 Å². The average molecular weight is 328 g/mol. The van der Waals surface area contributed by atoms with Crippen LogP contribution in [0.15, 0.2) is 4.52 Å². The minimum atomic E-state index is 0.0933. The van der Waals surface area contributed by atoms with Gasteiger partial charge in [0.15, 0.2) is 0 Å². The summed E-state index contributed by atoms with van der Waals surface area (Å²) in [7, 11) is 0. The van der Waals surface area contributed by atoms with Gasteiger partial charge in [0, 0.05) is 37.8 Å². The first kappa shape index (κ1) is 15.8. The maximum Gasteiger partial charge on any atom is 0.229 e. The van der Waals surface area contributed by atoms with Gasteiger partial charge in [0.25, 0.3) is 0 Å². The zero-order valence-electron chi connectivity index (χ0n) is 13.0. The van der Waals surface area contributed by atoms with Crippen LogP contribution in [0.4, 0.5) is 0 Å². The summed E-state index contributed by atoms with van der Waals surface area (Å²) in [5.41, 5.74) is 1.39. The summed E-state index contributed by atoms with van der Waals surface area (Å²) in [6.45, 7) is 9.07. The van der Waals surface area contributed by atoms with Gasteiger partial charge in [-0.25, -0.2) is 0 Å². The third kappa shape index (κ3) is 3.14. The number of carbonyl (C=O) groups is 1. The molecule has 2 atom stereocenters. The molecule has 1 amide bonds. The van der Waals surface area contributed by atoms with Crippen molar-refractivity contribution in [1.82, 2.24) is 15.0 Å². The topological polar surface area (TPSA) is 58.8 Å². The summed E-state index contributed by atoms with van der Waals surface area (Å²) >= 11 is 5.95. The predicted octanol–water partition coefficient (Wildman–Crippen LogP) is 1.36. The van der Waals surface area contributed by atoms with Crippen LogP contribution in [0.5, 0.6) is 0 Å². The maximum absolute atomic E-state index is 12.5. The summed E-state index contributed by atoms with van der Waals surface area (Å²) in [4.78, 5) is 16.9. The van der Waals surface area contributed by atoms with E-state index in [0.717, 1.165) is 39.4 Å². The highest BCUT2D eigenvalue weighted by molar-refractivity contribution is 6.29. The van der Waals surface area contributed by atoms with Crippen molar-refractivity contribution < 1.29 is 14.1 Å². The lowest BCUT2D eigenvalue weighted by Crippen LogP contribution is -2.47. The second kappa shape index (κ2) is 6.56. The van der Waals surface area contributed by atoms with E-state index in [2.05, 4.69) is 17.0 Å². The van der Waals surface area contributed by atoms with Crippen LogP contribution < -0.4 is 0 Å². The highest BCUT2D eigenvalue weighted by atomic mass is 35.5. The van der Waals surface area contributed by atoms with Gasteiger partial charge < -0.3 is 14.2 Å². The Hall–Kier alpha value is -1.11. The Morgan fingerprint density at radius 2 is 2.09 bits per heavy atom. The monoisotopic (exact) mass is 327 g/mol. The summed E-state index contributed by atoms with van der Waals surface area (Å²) in [6.07, 6.45) is 0.261. The average Bonchev–Trinajstić information content (AvgIpc) is 3.05. The number of hydrogen-bond donors (Lipinski definition) is 0. The van der Waals surface area contributed by atoms with E-state index in [1.807, 2.05) is 4.90 Å². The molecule has 1 aromatic heterocycles. The molecule has 0 saturated carbocycles. The second-order valence-corrected chi connectivity index (χ2v) is 6.53. The molecule has 22 heavy (non-hydrogen) atoms. The normalized spacial score (nSPS) is 26.6. The van der Waals surface area contributed by atoms with E-state index in [4.69, 9.17) is 20.9 Å². The van der Waals surface area contributed by atoms with Crippen molar-refractivity contribution in [2.45, 2.75) is 26.3 Å². The SMILES string of the molecule is Cc1noc(Cl)c1CC(=O)N1C[C@H](C)[C@@H](N2CCOCC2)C1. The molecule has 2 aliphatic rings. The Bertz CT molecular complexity index is 523. The number of amides is 1. The third-order valence-corrected chi connectivity index (χ3v) is 5.00. The van der Waals surface area contributed by atoms with Crippen LogP contribution in [-0.4, -0.2) is 66.3 Å². The van der Waals surface area contributed by atoms with Crippen molar-refractivity contribution in [1.29, 1.82) is 0 Å². The zero-order chi connectivity index (χ0) is 15.7. The van der Waals surface area contributed by atoms with Gasteiger partial charge in [-0.3, -0.25) is 9.69 Å². The molecule has 3 heterocycles. The fourth-order valence-electron chi connectivity index (χ4n) is 3.36. The molecule has 0 aromatic carbocycles. The summed E-state index contributed by atoms with van der Waals surface area (Å²) in [5, 5.41) is 4.02. The van der Waals surface area contributed by atoms with Crippen LogP contribution in [0.25, 0.3) is 0 Å². The van der Waals surface area contributed by atoms with E-state index < -0.39 is 0 Å². The van der Waals surface area contributed by atoms with Crippen molar-refractivity contribution in [2.75, 3.05) is 39.4 Å². The molecule has 0 spiro atoms. The van der Waals surface area contributed by atoms with Crippen molar-refractivity contribution in [3.8, 4) is 0 Å². The highest BCUT2D eigenvalue weighted by Crippen LogP contribution is 2.25. The van der Waals surface area contributed by atoms with Gasteiger partial charge in [0.1, 0.15) is 0 Å². The summed E-state index contributed by atoms with van der Waals surface area (Å²) in [5.74, 6) is 0.567. The van der Waals surface area contributed by atoms with Crippen LogP contribution in [0.1, 0.15) is 18.2 Å². The number of hydrogen-bond acceptors (Lipinski definition) is 5. The van der Waals surface area contributed by atoms with Crippen LogP contribution >= 0.6 is 11.6 Å². The molecule has 3 rings (SSSR count). The molecule has 2 fully saturated rings. The molecule has 6 nitrogen and oxygen atoms in total. The molecule has 0 bridgehead atoms. The van der Waals surface area contributed by atoms with Crippen LogP contribution in [0.3, 0.4) is 0 Å². The van der Waals surface area contributed by atoms with E-state index in [1.165, 1.54) is 0 Å². The standard InChI is InChI=1S/C15H22ClN3O3/c1-10-8-19(9-13(10)18-3-5-21-6-4-18)14(20)7-12-11(2)17-22-15(12)16/h10,13H,3-9H2,1-2H3/t10-,13-/m0/s1. The lowest BCUT2D eigenvalue weighted by Gasteiger charge is -2.33. The van der Waals surface area contributed by atoms with Crippen molar-refractivity contribution >= 4 is 17.5 Å². The number of halogens is 1. The van der Waals surface area contributed by atoms with Crippen LogP contribution in [0, 0.1) is 12.8 Å². The van der Waals surface area contributed by atoms with E-state index in [0.29, 0.717) is 23.2 Å². The second-order valence-electron chi connectivity index (χ2n) is 6.19. The molecule has 2 saturated heterocycles. The number of morpholine rings is 1. The number of rotatable bonds is 3. The van der Waals surface area contributed by atoms with Gasteiger partial charge in [-0.1, -0.05) is 12.1 Å². The smallest absolute Gasteiger partial charge is 0.229 e. The largest absolute Gasteiger partial charge is 0.379 e. The van der Waals surface area contributed by atoms with E-state index in [9.17, 15) is 4.79 Å². The minimum Gasteiger partial charge on any atom is -0.379 e. The Morgan fingerprint density at radius 1 is 1.36 bits per heavy atom. The molecule has 0 unspecified atom stereocenters. The third-order valence-electron chi connectivity index (χ3n) is 4.70. The van der Waals surface area contributed by atoms with Crippen molar-refractivity contribution in [2.24, 2.45) is 5.92 Å². The predicted molar refractivity (Wildman–Crippen MR) is 81.9 cm³/mol. The van der Waals surface area contributed by atoms with Crippen LogP contribution in [-0.2, 0) is 16.0 Å². The first-order valence-electron chi connectivity index (χ1n) is 7.76. The first-order chi connectivity index (χ1) is 10.6. The van der Waals surface area contributed by atoms with E-state index in [-0.39, 0.29) is 17.5 Å². The number of aryl methyl sites for hydroxylation is 1. The maximum atomic E-state index is 12.5. The first-order valence-corrected chi connectivity index (χ1v) is 8.14. The number of nitrogens with zero attached hydrogens (tertiary/aromatic N) is 3. The Balaban J connectivity index is 1.62. The Morgan fingerprint density at radius 3 is 2.73 bits per heavy atom. The lowest BCUT2D eigenvalue weighted by atomic mass is 10.0. The number of carbonyl (C=O) groups excluding carboxylic acids is 1. The van der Waals surface area contributed by atoms with E-state index >= 15 is 0 Å². The molecule has 1 aromatic rings. The number of aromatic nitrogens is 1. The molecule has 122 valence electrons. The number of likely N-dealkylation sites (tertiary alicyclic amines) is 1. The van der Waals surface area contributed by atoms with E-state index in [1.54, 1.807) is 6.92 Å². The summed E-state index contributed by atoms with van der Waals surface area (Å²) in [6, 6.07) is 0.423. The van der Waals surface area contributed by atoms with Crippen molar-refractivity contribution in [3.05, 3.63) is 16.5 Å². The highest BCUT2D eigenvalue weighted by Gasteiger charge is 2.36. The van der Waals surface area contributed by atoms with Crippen LogP contribution in [0.2, 0.25) is 5.22 Å². The molecule has 0 N–H and O–H groups in total. The summed E-state index contributed by atoms with van der Waals surface area (Å²) < 4.78 is 10.3. The molecule has 0 aliphatic carbocycles. The van der Waals surface area contributed by atoms with Gasteiger partial charge in [0.05, 0.1) is 25.3 Å². The molecule has 7 heteroatoms. The fraction of sp³-hybridized carbons (Fsp3) is 0.733. The van der Waals surface area contributed by atoms with Gasteiger partial charge in [-0.2, -0.15) is 0 Å². The van der Waals surface area contributed by atoms with Crippen molar-refractivity contribution in [3.63, 3.8) is 0 Å². The van der Waals surface area contributed by atoms with Gasteiger partial charge in [-0.05, 0) is 24.4 Å². The van der Waals surface area contributed by atoms with Gasteiger partial charge in [0.2, 0.25) is 11.1 Å². The lowest BCUT2D eigenvalue weighted by molar-refractivity contribution is -0.129. The minimum absolute atomic E-state index is 0.0933. The Kier molecular flexibility index (Phi) is 4.70. The molecule has 2 aliphatic heterocycles. The quantitative estimate of drug-likeness (QED) is 0.839. The number of ether oxygens (including phenoxy) is 1. The zero-order valence-corrected chi connectivity index (χ0v) is 13.8.